The van der Waals surface area contributed by atoms with Gasteiger partial charge in [-0.2, -0.15) is 0 Å². The van der Waals surface area contributed by atoms with Crippen LogP contribution in [0.1, 0.15) is 10.4 Å². The van der Waals surface area contributed by atoms with Crippen LogP contribution in [0.4, 0.5) is 4.39 Å². The lowest BCUT2D eigenvalue weighted by atomic mass is 10.2. The van der Waals surface area contributed by atoms with Crippen molar-refractivity contribution in [3.63, 3.8) is 0 Å². The summed E-state index contributed by atoms with van der Waals surface area (Å²) in [6, 6.07) is 3.67. The summed E-state index contributed by atoms with van der Waals surface area (Å²) >= 11 is 3.14. The number of carboxylic acids is 1. The summed E-state index contributed by atoms with van der Waals surface area (Å²) in [5, 5.41) is 8.78. The minimum atomic E-state index is -1.14. The minimum Gasteiger partial charge on any atom is -0.480 e. The number of aliphatic carboxylic acids is 1. The summed E-state index contributed by atoms with van der Waals surface area (Å²) in [5.74, 6) is -2.27. The maximum Gasteiger partial charge on any atom is 0.323 e. The lowest BCUT2D eigenvalue weighted by Gasteiger charge is -2.20. The molecule has 0 aromatic heterocycles. The van der Waals surface area contributed by atoms with Crippen LogP contribution in [0.15, 0.2) is 22.7 Å². The van der Waals surface area contributed by atoms with Gasteiger partial charge in [0.2, 0.25) is 0 Å². The smallest absolute Gasteiger partial charge is 0.323 e. The summed E-state index contributed by atoms with van der Waals surface area (Å²) in [4.78, 5) is 24.0. The second-order valence-electron chi connectivity index (χ2n) is 3.74. The van der Waals surface area contributed by atoms with E-state index in [0.29, 0.717) is 4.47 Å². The third kappa shape index (κ3) is 4.60. The van der Waals surface area contributed by atoms with Crippen LogP contribution < -0.4 is 0 Å². The first-order chi connectivity index (χ1) is 8.95. The van der Waals surface area contributed by atoms with Crippen LogP contribution in [-0.2, 0) is 9.53 Å². The molecule has 0 fully saturated rings. The van der Waals surface area contributed by atoms with E-state index in [9.17, 15) is 14.0 Å². The van der Waals surface area contributed by atoms with E-state index in [1.165, 1.54) is 19.2 Å². The zero-order valence-corrected chi connectivity index (χ0v) is 11.8. The van der Waals surface area contributed by atoms with Crippen LogP contribution in [0.2, 0.25) is 0 Å². The van der Waals surface area contributed by atoms with Crippen molar-refractivity contribution in [3.8, 4) is 0 Å². The molecule has 1 aromatic carbocycles. The molecule has 0 aliphatic heterocycles. The van der Waals surface area contributed by atoms with Crippen LogP contribution in [-0.4, -0.2) is 48.7 Å². The highest BCUT2D eigenvalue weighted by molar-refractivity contribution is 9.10. The number of nitrogens with zero attached hydrogens (tertiary/aromatic N) is 1. The van der Waals surface area contributed by atoms with Gasteiger partial charge in [0.05, 0.1) is 12.2 Å². The third-order valence-electron chi connectivity index (χ3n) is 2.34. The summed E-state index contributed by atoms with van der Waals surface area (Å²) in [6.45, 7) is -0.151. The van der Waals surface area contributed by atoms with Gasteiger partial charge in [0.15, 0.2) is 0 Å². The van der Waals surface area contributed by atoms with Crippen molar-refractivity contribution in [2.24, 2.45) is 0 Å². The Morgan fingerprint density at radius 1 is 1.47 bits per heavy atom. The number of carbonyl (C=O) groups excluding carboxylic acids is 1. The Morgan fingerprint density at radius 3 is 2.74 bits per heavy atom. The standard InChI is InChI=1S/C12H13BrFNO4/c1-19-5-4-15(7-11(16)17)12(18)9-6-8(14)2-3-10(9)13/h2-3,6H,4-5,7H2,1H3,(H,16,17). The summed E-state index contributed by atoms with van der Waals surface area (Å²) in [7, 11) is 1.45. The lowest BCUT2D eigenvalue weighted by molar-refractivity contribution is -0.137. The topological polar surface area (TPSA) is 66.8 Å². The Labute approximate surface area is 118 Å². The molecule has 1 aromatic rings. The van der Waals surface area contributed by atoms with Gasteiger partial charge in [0.1, 0.15) is 12.4 Å². The van der Waals surface area contributed by atoms with E-state index in [4.69, 9.17) is 9.84 Å². The predicted molar refractivity (Wildman–Crippen MR) is 69.5 cm³/mol. The molecule has 1 amide bonds. The Bertz CT molecular complexity index is 481. The normalized spacial score (nSPS) is 10.3. The molecule has 0 radical (unpaired) electrons. The molecular weight excluding hydrogens is 321 g/mol. The third-order valence-corrected chi connectivity index (χ3v) is 3.03. The van der Waals surface area contributed by atoms with Crippen LogP contribution in [0, 0.1) is 5.82 Å². The molecule has 19 heavy (non-hydrogen) atoms. The Kier molecular flexibility index (Phi) is 5.91. The molecule has 0 saturated carbocycles. The molecule has 0 unspecified atom stereocenters. The number of rotatable bonds is 6. The molecule has 7 heteroatoms. The second kappa shape index (κ2) is 7.20. The molecule has 1 rings (SSSR count). The van der Waals surface area contributed by atoms with Crippen molar-refractivity contribution in [1.82, 2.24) is 4.90 Å². The number of ether oxygens (including phenoxy) is 1. The summed E-state index contributed by atoms with van der Waals surface area (Å²) in [5.41, 5.74) is 0.0809. The van der Waals surface area contributed by atoms with E-state index in [-0.39, 0.29) is 18.7 Å². The molecule has 1 N–H and O–H groups in total. The number of amides is 1. The van der Waals surface area contributed by atoms with Crippen LogP contribution in [0.5, 0.6) is 0 Å². The highest BCUT2D eigenvalue weighted by Crippen LogP contribution is 2.19. The SMILES string of the molecule is COCCN(CC(=O)O)C(=O)c1cc(F)ccc1Br. The lowest BCUT2D eigenvalue weighted by Crippen LogP contribution is -2.38. The highest BCUT2D eigenvalue weighted by Gasteiger charge is 2.20. The van der Waals surface area contributed by atoms with Gasteiger partial charge in [-0.15, -0.1) is 0 Å². The van der Waals surface area contributed by atoms with Gasteiger partial charge in [-0.05, 0) is 34.1 Å². The maximum absolute atomic E-state index is 13.2. The van der Waals surface area contributed by atoms with Gasteiger partial charge in [0.25, 0.3) is 5.91 Å². The van der Waals surface area contributed by atoms with E-state index >= 15 is 0 Å². The number of methoxy groups -OCH3 is 1. The monoisotopic (exact) mass is 333 g/mol. The Morgan fingerprint density at radius 2 is 2.16 bits per heavy atom. The number of carboxylic acid groups (broad SMARTS) is 1. The van der Waals surface area contributed by atoms with Gasteiger partial charge in [-0.1, -0.05) is 0 Å². The molecule has 0 aliphatic rings. The highest BCUT2D eigenvalue weighted by atomic mass is 79.9. The molecule has 5 nitrogen and oxygen atoms in total. The molecule has 0 spiro atoms. The molecule has 104 valence electrons. The maximum atomic E-state index is 13.2. The molecule has 0 bridgehead atoms. The van der Waals surface area contributed by atoms with Crippen molar-refractivity contribution >= 4 is 27.8 Å². The minimum absolute atomic E-state index is 0.0809. The number of carbonyl (C=O) groups is 2. The Hall–Kier alpha value is -1.47. The average Bonchev–Trinajstić information content (AvgIpc) is 2.36. The van der Waals surface area contributed by atoms with Gasteiger partial charge in [-0.3, -0.25) is 9.59 Å². The van der Waals surface area contributed by atoms with Crippen LogP contribution >= 0.6 is 15.9 Å². The second-order valence-corrected chi connectivity index (χ2v) is 4.59. The number of benzene rings is 1. The van der Waals surface area contributed by atoms with Crippen molar-refractivity contribution in [2.75, 3.05) is 26.8 Å². The van der Waals surface area contributed by atoms with Gasteiger partial charge in [-0.25, -0.2) is 4.39 Å². The predicted octanol–water partition coefficient (Wildman–Crippen LogP) is 1.76. The van der Waals surface area contributed by atoms with E-state index < -0.39 is 24.2 Å². The first kappa shape index (κ1) is 15.6. The zero-order valence-electron chi connectivity index (χ0n) is 10.2. The van der Waals surface area contributed by atoms with E-state index in [0.717, 1.165) is 11.0 Å². The number of hydrogen-bond donors (Lipinski definition) is 1. The molecule has 0 atom stereocenters. The first-order valence-corrected chi connectivity index (χ1v) is 6.20. The molecule has 0 aliphatic carbocycles. The summed E-state index contributed by atoms with van der Waals surface area (Å²) in [6.07, 6.45) is 0. The van der Waals surface area contributed by atoms with Crippen LogP contribution in [0.3, 0.4) is 0 Å². The van der Waals surface area contributed by atoms with Crippen LogP contribution in [0.25, 0.3) is 0 Å². The van der Waals surface area contributed by atoms with Crippen molar-refractivity contribution < 1.29 is 23.8 Å². The van der Waals surface area contributed by atoms with E-state index in [2.05, 4.69) is 15.9 Å². The van der Waals surface area contributed by atoms with Gasteiger partial charge in [0, 0.05) is 18.1 Å². The molecule has 0 saturated heterocycles. The fourth-order valence-electron chi connectivity index (χ4n) is 1.45. The molecular formula is C12H13BrFNO4. The fraction of sp³-hybridized carbons (Fsp3) is 0.333. The zero-order chi connectivity index (χ0) is 14.4. The van der Waals surface area contributed by atoms with Crippen molar-refractivity contribution in [2.45, 2.75) is 0 Å². The van der Waals surface area contributed by atoms with Crippen molar-refractivity contribution in [3.05, 3.63) is 34.1 Å². The fourth-order valence-corrected chi connectivity index (χ4v) is 1.87. The largest absolute Gasteiger partial charge is 0.480 e. The average molecular weight is 334 g/mol. The van der Waals surface area contributed by atoms with Gasteiger partial charge < -0.3 is 14.7 Å². The summed E-state index contributed by atoms with van der Waals surface area (Å²) < 4.78 is 18.4. The number of hydrogen-bond acceptors (Lipinski definition) is 3. The van der Waals surface area contributed by atoms with E-state index in [1.807, 2.05) is 0 Å². The Balaban J connectivity index is 2.97. The van der Waals surface area contributed by atoms with E-state index in [1.54, 1.807) is 0 Å². The molecule has 0 heterocycles. The van der Waals surface area contributed by atoms with Gasteiger partial charge >= 0.3 is 5.97 Å². The number of halogens is 2. The first-order valence-electron chi connectivity index (χ1n) is 5.40. The van der Waals surface area contributed by atoms with Crippen molar-refractivity contribution in [1.29, 1.82) is 0 Å². The quantitative estimate of drug-likeness (QED) is 0.861.